The summed E-state index contributed by atoms with van der Waals surface area (Å²) in [6, 6.07) is 11.9. The molecule has 1 N–H and O–H groups in total. The van der Waals surface area contributed by atoms with Gasteiger partial charge in [0, 0.05) is 23.3 Å². The topological polar surface area (TPSA) is 51.2 Å². The highest BCUT2D eigenvalue weighted by Gasteiger charge is 2.08. The summed E-state index contributed by atoms with van der Waals surface area (Å²) in [4.78, 5) is 15.6. The van der Waals surface area contributed by atoms with Gasteiger partial charge >= 0.3 is 5.97 Å². The van der Waals surface area contributed by atoms with Crippen molar-refractivity contribution in [3.05, 3.63) is 63.9 Å². The van der Waals surface area contributed by atoms with Crippen LogP contribution in [0.5, 0.6) is 0 Å². The fraction of sp³-hybridized carbons (Fsp3) is 0.250. The molecular formula is C16H17BrN2O2. The molecule has 0 spiro atoms. The van der Waals surface area contributed by atoms with Gasteiger partial charge in [-0.3, -0.25) is 4.98 Å². The van der Waals surface area contributed by atoms with Crippen molar-refractivity contribution in [1.82, 2.24) is 10.3 Å². The van der Waals surface area contributed by atoms with E-state index in [4.69, 9.17) is 0 Å². The minimum Gasteiger partial charge on any atom is -0.465 e. The summed E-state index contributed by atoms with van der Waals surface area (Å²) in [5.74, 6) is -0.371. The summed E-state index contributed by atoms with van der Waals surface area (Å²) in [5, 5.41) is 3.41. The Hall–Kier alpha value is -1.72. The van der Waals surface area contributed by atoms with E-state index in [1.807, 2.05) is 18.2 Å². The number of carbonyl (C=O) groups excluding carboxylic acids is 1. The molecule has 110 valence electrons. The molecule has 0 aliphatic rings. The van der Waals surface area contributed by atoms with Gasteiger partial charge in [0.1, 0.15) is 0 Å². The molecule has 0 fully saturated rings. The molecule has 2 aromatic rings. The van der Waals surface area contributed by atoms with Gasteiger partial charge in [0.25, 0.3) is 0 Å². The molecule has 0 unspecified atom stereocenters. The minimum atomic E-state index is -0.371. The van der Waals surface area contributed by atoms with Crippen LogP contribution in [0.15, 0.2) is 47.1 Å². The number of pyridine rings is 1. The molecule has 1 heterocycles. The normalized spacial score (nSPS) is 12.0. The van der Waals surface area contributed by atoms with Crippen LogP contribution in [0.4, 0.5) is 0 Å². The van der Waals surface area contributed by atoms with Crippen LogP contribution in [-0.4, -0.2) is 18.1 Å². The van der Waals surface area contributed by atoms with Crippen LogP contribution >= 0.6 is 15.9 Å². The first kappa shape index (κ1) is 15.7. The number of halogens is 1. The van der Waals surface area contributed by atoms with E-state index in [1.54, 1.807) is 6.07 Å². The predicted octanol–water partition coefficient (Wildman–Crippen LogP) is 3.48. The van der Waals surface area contributed by atoms with E-state index in [0.717, 1.165) is 10.2 Å². The lowest BCUT2D eigenvalue weighted by Gasteiger charge is -2.14. The summed E-state index contributed by atoms with van der Waals surface area (Å²) in [7, 11) is 1.36. The summed E-state index contributed by atoms with van der Waals surface area (Å²) in [6.07, 6.45) is 1.53. The first-order valence-corrected chi connectivity index (χ1v) is 7.41. The monoisotopic (exact) mass is 348 g/mol. The molecule has 1 aromatic heterocycles. The highest BCUT2D eigenvalue weighted by Crippen LogP contribution is 2.18. The fourth-order valence-corrected chi connectivity index (χ4v) is 2.34. The second kappa shape index (κ2) is 7.33. The largest absolute Gasteiger partial charge is 0.465 e. The third-order valence-corrected chi connectivity index (χ3v) is 3.68. The van der Waals surface area contributed by atoms with Crippen molar-refractivity contribution in [2.75, 3.05) is 7.11 Å². The maximum absolute atomic E-state index is 11.3. The first-order valence-electron chi connectivity index (χ1n) is 6.62. The fourth-order valence-electron chi connectivity index (χ4n) is 1.92. The van der Waals surface area contributed by atoms with Gasteiger partial charge in [0.15, 0.2) is 0 Å². The van der Waals surface area contributed by atoms with E-state index >= 15 is 0 Å². The molecule has 21 heavy (non-hydrogen) atoms. The average Bonchev–Trinajstić information content (AvgIpc) is 2.52. The molecular weight excluding hydrogens is 332 g/mol. The Kier molecular flexibility index (Phi) is 5.47. The summed E-state index contributed by atoms with van der Waals surface area (Å²) >= 11 is 3.47. The third kappa shape index (κ3) is 4.37. The summed E-state index contributed by atoms with van der Waals surface area (Å²) < 4.78 is 5.71. The zero-order valence-corrected chi connectivity index (χ0v) is 13.6. The van der Waals surface area contributed by atoms with E-state index in [9.17, 15) is 4.79 Å². The van der Waals surface area contributed by atoms with Crippen molar-refractivity contribution < 1.29 is 9.53 Å². The zero-order chi connectivity index (χ0) is 15.2. The standard InChI is InChI=1S/C16H17BrN2O2/c1-11(12-4-3-5-14(17)8-12)18-10-15-7-6-13(9-19-15)16(20)21-2/h3-9,11,18H,10H2,1-2H3/t11-/m1/s1. The molecule has 0 saturated heterocycles. The van der Waals surface area contributed by atoms with Crippen LogP contribution in [0.3, 0.4) is 0 Å². The molecule has 2 rings (SSSR count). The molecule has 1 atom stereocenters. The van der Waals surface area contributed by atoms with E-state index in [-0.39, 0.29) is 12.0 Å². The molecule has 0 radical (unpaired) electrons. The van der Waals surface area contributed by atoms with Crippen LogP contribution < -0.4 is 5.32 Å². The highest BCUT2D eigenvalue weighted by molar-refractivity contribution is 9.10. The predicted molar refractivity (Wildman–Crippen MR) is 85.0 cm³/mol. The Morgan fingerprint density at radius 1 is 1.38 bits per heavy atom. The number of nitrogens with one attached hydrogen (secondary N) is 1. The summed E-state index contributed by atoms with van der Waals surface area (Å²) in [5.41, 5.74) is 2.54. The molecule has 1 aromatic carbocycles. The number of carbonyl (C=O) groups is 1. The average molecular weight is 349 g/mol. The van der Waals surface area contributed by atoms with Crippen molar-refractivity contribution in [2.45, 2.75) is 19.5 Å². The Morgan fingerprint density at radius 2 is 2.19 bits per heavy atom. The number of aromatic nitrogens is 1. The number of nitrogens with zero attached hydrogens (tertiary/aromatic N) is 1. The number of rotatable bonds is 5. The first-order chi connectivity index (χ1) is 10.1. The maximum atomic E-state index is 11.3. The molecule has 0 aliphatic heterocycles. The Bertz CT molecular complexity index is 614. The number of benzene rings is 1. The number of hydrogen-bond acceptors (Lipinski definition) is 4. The van der Waals surface area contributed by atoms with Crippen molar-refractivity contribution in [3.8, 4) is 0 Å². The second-order valence-corrected chi connectivity index (χ2v) is 5.60. The lowest BCUT2D eigenvalue weighted by atomic mass is 10.1. The SMILES string of the molecule is COC(=O)c1ccc(CN[C@H](C)c2cccc(Br)c2)nc1. The van der Waals surface area contributed by atoms with E-state index < -0.39 is 0 Å². The van der Waals surface area contributed by atoms with Gasteiger partial charge in [-0.05, 0) is 36.8 Å². The third-order valence-electron chi connectivity index (χ3n) is 3.18. The lowest BCUT2D eigenvalue weighted by molar-refractivity contribution is 0.0600. The van der Waals surface area contributed by atoms with Gasteiger partial charge < -0.3 is 10.1 Å². The highest BCUT2D eigenvalue weighted by atomic mass is 79.9. The number of esters is 1. The van der Waals surface area contributed by atoms with Crippen LogP contribution in [-0.2, 0) is 11.3 Å². The van der Waals surface area contributed by atoms with E-state index in [1.165, 1.54) is 18.9 Å². The smallest absolute Gasteiger partial charge is 0.339 e. The minimum absolute atomic E-state index is 0.213. The second-order valence-electron chi connectivity index (χ2n) is 4.69. The van der Waals surface area contributed by atoms with Gasteiger partial charge in [0.05, 0.1) is 18.4 Å². The molecule has 0 saturated carbocycles. The molecule has 5 heteroatoms. The molecule has 0 amide bonds. The molecule has 0 aliphatic carbocycles. The van der Waals surface area contributed by atoms with Crippen LogP contribution in [0.25, 0.3) is 0 Å². The Morgan fingerprint density at radius 3 is 2.81 bits per heavy atom. The zero-order valence-electron chi connectivity index (χ0n) is 12.0. The molecule has 0 bridgehead atoms. The van der Waals surface area contributed by atoms with Gasteiger partial charge in [0.2, 0.25) is 0 Å². The van der Waals surface area contributed by atoms with E-state index in [2.05, 4.69) is 50.0 Å². The van der Waals surface area contributed by atoms with Gasteiger partial charge in [-0.2, -0.15) is 0 Å². The molecule has 4 nitrogen and oxygen atoms in total. The van der Waals surface area contributed by atoms with E-state index in [0.29, 0.717) is 12.1 Å². The quantitative estimate of drug-likeness (QED) is 0.840. The van der Waals surface area contributed by atoms with Crippen molar-refractivity contribution in [3.63, 3.8) is 0 Å². The van der Waals surface area contributed by atoms with Crippen molar-refractivity contribution in [1.29, 1.82) is 0 Å². The lowest BCUT2D eigenvalue weighted by Crippen LogP contribution is -2.18. The number of methoxy groups -OCH3 is 1. The summed E-state index contributed by atoms with van der Waals surface area (Å²) in [6.45, 7) is 2.74. The van der Waals surface area contributed by atoms with Crippen molar-refractivity contribution >= 4 is 21.9 Å². The van der Waals surface area contributed by atoms with Gasteiger partial charge in [-0.1, -0.05) is 28.1 Å². The van der Waals surface area contributed by atoms with Crippen LogP contribution in [0.1, 0.15) is 34.6 Å². The number of ether oxygens (including phenoxy) is 1. The van der Waals surface area contributed by atoms with Gasteiger partial charge in [-0.25, -0.2) is 4.79 Å². The van der Waals surface area contributed by atoms with Gasteiger partial charge in [-0.15, -0.1) is 0 Å². The Labute approximate surface area is 132 Å². The maximum Gasteiger partial charge on any atom is 0.339 e. The van der Waals surface area contributed by atoms with Crippen molar-refractivity contribution in [2.24, 2.45) is 0 Å². The number of hydrogen-bond donors (Lipinski definition) is 1. The Balaban J connectivity index is 1.95. The van der Waals surface area contributed by atoms with Crippen LogP contribution in [0.2, 0.25) is 0 Å². The van der Waals surface area contributed by atoms with Crippen LogP contribution in [0, 0.1) is 0 Å².